The van der Waals surface area contributed by atoms with Gasteiger partial charge in [-0.2, -0.15) is 11.8 Å². The molecule has 1 rings (SSSR count). The van der Waals surface area contributed by atoms with Crippen LogP contribution in [0.1, 0.15) is 23.8 Å². The minimum Gasteiger partial charge on any atom is -0.477 e. The third-order valence-corrected chi connectivity index (χ3v) is 3.47. The zero-order chi connectivity index (χ0) is 12.8. The van der Waals surface area contributed by atoms with Crippen LogP contribution in [0, 0.1) is 0 Å². The third-order valence-electron chi connectivity index (χ3n) is 2.75. The maximum absolute atomic E-state index is 10.9. The monoisotopic (exact) mass is 254 g/mol. The van der Waals surface area contributed by atoms with Crippen molar-refractivity contribution >= 4 is 23.4 Å². The van der Waals surface area contributed by atoms with Crippen LogP contribution in [0.3, 0.4) is 0 Å². The number of carbonyl (C=O) groups is 1. The summed E-state index contributed by atoms with van der Waals surface area (Å²) in [7, 11) is 1.99. The molecule has 0 aliphatic heterocycles. The summed E-state index contributed by atoms with van der Waals surface area (Å²) in [5.41, 5.74) is 0.992. The first-order valence-electron chi connectivity index (χ1n) is 5.51. The number of carboxylic acid groups (broad SMARTS) is 1. The van der Waals surface area contributed by atoms with Gasteiger partial charge in [-0.05, 0) is 24.8 Å². The molecule has 0 saturated carbocycles. The quantitative estimate of drug-likeness (QED) is 0.844. The van der Waals surface area contributed by atoms with Gasteiger partial charge in [-0.25, -0.2) is 9.78 Å². The summed E-state index contributed by atoms with van der Waals surface area (Å²) in [6.45, 7) is 2.14. The van der Waals surface area contributed by atoms with Gasteiger partial charge in [0.2, 0.25) is 0 Å². The number of aromatic nitrogens is 1. The van der Waals surface area contributed by atoms with Gasteiger partial charge in [0.15, 0.2) is 0 Å². The Balaban J connectivity index is 2.90. The highest BCUT2D eigenvalue weighted by atomic mass is 32.2. The molecule has 0 amide bonds. The van der Waals surface area contributed by atoms with E-state index in [9.17, 15) is 4.79 Å². The molecule has 0 radical (unpaired) electrons. The van der Waals surface area contributed by atoms with Crippen LogP contribution in [0.25, 0.3) is 0 Å². The van der Waals surface area contributed by atoms with Gasteiger partial charge < -0.3 is 10.0 Å². The lowest BCUT2D eigenvalue weighted by Gasteiger charge is -2.28. The van der Waals surface area contributed by atoms with Gasteiger partial charge in [-0.15, -0.1) is 0 Å². The normalized spacial score (nSPS) is 12.2. The van der Waals surface area contributed by atoms with E-state index in [1.807, 2.05) is 13.1 Å². The minimum atomic E-state index is -0.988. The highest BCUT2D eigenvalue weighted by Gasteiger charge is 2.14. The number of aromatic carboxylic acids is 1. The van der Waals surface area contributed by atoms with Crippen molar-refractivity contribution in [3.8, 4) is 0 Å². The van der Waals surface area contributed by atoms with Crippen LogP contribution in [0.5, 0.6) is 0 Å². The molecule has 1 N–H and O–H groups in total. The van der Waals surface area contributed by atoms with E-state index < -0.39 is 5.97 Å². The Kier molecular flexibility index (Phi) is 5.28. The van der Waals surface area contributed by atoms with Crippen LogP contribution in [0.4, 0.5) is 5.69 Å². The van der Waals surface area contributed by atoms with Crippen molar-refractivity contribution in [2.24, 2.45) is 0 Å². The van der Waals surface area contributed by atoms with Crippen molar-refractivity contribution < 1.29 is 9.90 Å². The molecule has 94 valence electrons. The Bertz CT molecular complexity index is 385. The predicted octanol–water partition coefficient (Wildman–Crippen LogP) is 2.36. The van der Waals surface area contributed by atoms with Crippen LogP contribution >= 0.6 is 11.8 Å². The highest BCUT2D eigenvalue weighted by Crippen LogP contribution is 2.19. The van der Waals surface area contributed by atoms with Gasteiger partial charge >= 0.3 is 5.97 Å². The second-order valence-electron chi connectivity index (χ2n) is 3.83. The molecule has 1 aromatic rings. The lowest BCUT2D eigenvalue weighted by molar-refractivity contribution is 0.0690. The average molecular weight is 254 g/mol. The van der Waals surface area contributed by atoms with Crippen molar-refractivity contribution in [2.45, 2.75) is 19.4 Å². The van der Waals surface area contributed by atoms with E-state index in [-0.39, 0.29) is 5.69 Å². The number of pyridine rings is 1. The number of anilines is 1. The topological polar surface area (TPSA) is 53.4 Å². The molecule has 0 aromatic carbocycles. The number of rotatable bonds is 6. The Morgan fingerprint density at radius 2 is 2.35 bits per heavy atom. The second kappa shape index (κ2) is 6.49. The number of hydrogen-bond donors (Lipinski definition) is 1. The summed E-state index contributed by atoms with van der Waals surface area (Å²) in [4.78, 5) is 16.8. The van der Waals surface area contributed by atoms with Gasteiger partial charge in [-0.1, -0.05) is 6.92 Å². The van der Waals surface area contributed by atoms with E-state index in [1.165, 1.54) is 0 Å². The third kappa shape index (κ3) is 3.63. The van der Waals surface area contributed by atoms with Crippen molar-refractivity contribution in [2.75, 3.05) is 24.0 Å². The molecule has 0 fully saturated rings. The summed E-state index contributed by atoms with van der Waals surface area (Å²) >= 11 is 1.79. The van der Waals surface area contributed by atoms with Crippen LogP contribution in [0.15, 0.2) is 18.3 Å². The standard InChI is InChI=1S/C12H18N2O2S/c1-4-9(8-17-3)14(2)10-5-6-13-11(7-10)12(15)16/h5-7,9H,4,8H2,1-3H3,(H,15,16). The predicted molar refractivity (Wildman–Crippen MR) is 72.1 cm³/mol. The lowest BCUT2D eigenvalue weighted by Crippen LogP contribution is -2.33. The number of thioether (sulfide) groups is 1. The molecular formula is C12H18N2O2S. The zero-order valence-electron chi connectivity index (χ0n) is 10.4. The molecule has 0 aliphatic carbocycles. The molecule has 0 bridgehead atoms. The van der Waals surface area contributed by atoms with Gasteiger partial charge in [0.1, 0.15) is 5.69 Å². The van der Waals surface area contributed by atoms with Gasteiger partial charge in [0.25, 0.3) is 0 Å². The molecule has 17 heavy (non-hydrogen) atoms. The number of nitrogens with zero attached hydrogens (tertiary/aromatic N) is 2. The van der Waals surface area contributed by atoms with Crippen LogP contribution in [0.2, 0.25) is 0 Å². The van der Waals surface area contributed by atoms with Crippen molar-refractivity contribution in [3.05, 3.63) is 24.0 Å². The fourth-order valence-corrected chi connectivity index (χ4v) is 2.51. The molecule has 0 aliphatic rings. The summed E-state index contributed by atoms with van der Waals surface area (Å²) in [5, 5.41) is 8.91. The van der Waals surface area contributed by atoms with E-state index in [0.717, 1.165) is 17.9 Å². The van der Waals surface area contributed by atoms with E-state index in [0.29, 0.717) is 6.04 Å². The summed E-state index contributed by atoms with van der Waals surface area (Å²) < 4.78 is 0. The Hall–Kier alpha value is -1.23. The smallest absolute Gasteiger partial charge is 0.354 e. The maximum Gasteiger partial charge on any atom is 0.354 e. The zero-order valence-corrected chi connectivity index (χ0v) is 11.2. The average Bonchev–Trinajstić information content (AvgIpc) is 2.35. The lowest BCUT2D eigenvalue weighted by atomic mass is 10.2. The number of hydrogen-bond acceptors (Lipinski definition) is 4. The Morgan fingerprint density at radius 1 is 1.65 bits per heavy atom. The maximum atomic E-state index is 10.9. The molecule has 1 heterocycles. The second-order valence-corrected chi connectivity index (χ2v) is 4.74. The first-order valence-corrected chi connectivity index (χ1v) is 6.90. The van der Waals surface area contributed by atoms with Crippen LogP contribution in [-0.2, 0) is 0 Å². The summed E-state index contributed by atoms with van der Waals surface area (Å²) in [6.07, 6.45) is 4.65. The fourth-order valence-electron chi connectivity index (χ4n) is 1.66. The van der Waals surface area contributed by atoms with Crippen LogP contribution in [-0.4, -0.2) is 41.2 Å². The Labute approximate surface area is 106 Å². The summed E-state index contributed by atoms with van der Waals surface area (Å²) in [6, 6.07) is 3.87. The first kappa shape index (κ1) is 13.8. The van der Waals surface area contributed by atoms with E-state index in [1.54, 1.807) is 24.0 Å². The van der Waals surface area contributed by atoms with E-state index >= 15 is 0 Å². The van der Waals surface area contributed by atoms with Crippen molar-refractivity contribution in [1.82, 2.24) is 4.98 Å². The molecule has 4 nitrogen and oxygen atoms in total. The van der Waals surface area contributed by atoms with Crippen LogP contribution < -0.4 is 4.90 Å². The van der Waals surface area contributed by atoms with Crippen molar-refractivity contribution in [3.63, 3.8) is 0 Å². The van der Waals surface area contributed by atoms with Gasteiger partial charge in [0.05, 0.1) is 0 Å². The van der Waals surface area contributed by atoms with Gasteiger partial charge in [0, 0.05) is 30.7 Å². The van der Waals surface area contributed by atoms with Crippen molar-refractivity contribution in [1.29, 1.82) is 0 Å². The first-order chi connectivity index (χ1) is 8.10. The minimum absolute atomic E-state index is 0.0911. The number of carboxylic acids is 1. The molecule has 0 saturated heterocycles. The summed E-state index contributed by atoms with van der Waals surface area (Å²) in [5.74, 6) is 0.0377. The molecule has 0 spiro atoms. The molecule has 1 unspecified atom stereocenters. The molecular weight excluding hydrogens is 236 g/mol. The van der Waals surface area contributed by atoms with E-state index in [2.05, 4.69) is 23.1 Å². The SMILES string of the molecule is CCC(CSC)N(C)c1ccnc(C(=O)O)c1. The largest absolute Gasteiger partial charge is 0.477 e. The molecule has 1 aromatic heterocycles. The van der Waals surface area contributed by atoms with E-state index in [4.69, 9.17) is 5.11 Å². The fraction of sp³-hybridized carbons (Fsp3) is 0.500. The Morgan fingerprint density at radius 3 is 2.88 bits per heavy atom. The molecule has 5 heteroatoms. The van der Waals surface area contributed by atoms with Gasteiger partial charge in [-0.3, -0.25) is 0 Å². The molecule has 1 atom stereocenters. The highest BCUT2D eigenvalue weighted by molar-refractivity contribution is 7.98.